The van der Waals surface area contributed by atoms with E-state index in [4.69, 9.17) is 4.52 Å². The average molecular weight is 284 g/mol. The summed E-state index contributed by atoms with van der Waals surface area (Å²) in [5.41, 5.74) is 2.70. The van der Waals surface area contributed by atoms with Crippen LogP contribution in [0.15, 0.2) is 53.3 Å². The van der Waals surface area contributed by atoms with E-state index < -0.39 is 0 Å². The minimum atomic E-state index is -0.0726. The van der Waals surface area contributed by atoms with Crippen LogP contribution in [0.4, 0.5) is 5.69 Å². The zero-order valence-corrected chi connectivity index (χ0v) is 11.6. The van der Waals surface area contributed by atoms with Crippen molar-refractivity contribution in [3.8, 4) is 21.0 Å². The van der Waals surface area contributed by atoms with Gasteiger partial charge >= 0.3 is 0 Å². The number of hydrogen-bond acceptors (Lipinski definition) is 4. The lowest BCUT2D eigenvalue weighted by molar-refractivity contribution is -0.114. The molecule has 3 aromatic rings. The van der Waals surface area contributed by atoms with Gasteiger partial charge < -0.3 is 9.84 Å². The molecule has 5 heteroatoms. The molecule has 0 aliphatic carbocycles. The van der Waals surface area contributed by atoms with Gasteiger partial charge in [-0.2, -0.15) is 0 Å². The van der Waals surface area contributed by atoms with Crippen molar-refractivity contribution < 1.29 is 9.32 Å². The predicted molar refractivity (Wildman–Crippen MR) is 79.6 cm³/mol. The Morgan fingerprint density at radius 3 is 2.80 bits per heavy atom. The number of nitrogens with one attached hydrogen (secondary N) is 1. The maximum Gasteiger partial charge on any atom is 0.221 e. The molecule has 1 amide bonds. The Balaban J connectivity index is 1.91. The Hall–Kier alpha value is -2.40. The van der Waals surface area contributed by atoms with Crippen LogP contribution in [0, 0.1) is 0 Å². The zero-order chi connectivity index (χ0) is 13.9. The van der Waals surface area contributed by atoms with Crippen molar-refractivity contribution in [2.75, 3.05) is 5.32 Å². The molecule has 4 nitrogen and oxygen atoms in total. The molecular weight excluding hydrogens is 272 g/mol. The van der Waals surface area contributed by atoms with Crippen LogP contribution in [0.5, 0.6) is 0 Å². The highest BCUT2D eigenvalue weighted by atomic mass is 32.1. The van der Waals surface area contributed by atoms with Crippen LogP contribution in [-0.2, 0) is 4.79 Å². The lowest BCUT2D eigenvalue weighted by Crippen LogP contribution is -2.05. The Morgan fingerprint density at radius 2 is 2.05 bits per heavy atom. The second-order valence-corrected chi connectivity index (χ2v) is 5.39. The van der Waals surface area contributed by atoms with Gasteiger partial charge in [0.25, 0.3) is 0 Å². The number of aromatic nitrogens is 1. The number of rotatable bonds is 3. The summed E-state index contributed by atoms with van der Waals surface area (Å²) in [5, 5.41) is 6.72. The number of thiophene rings is 1. The van der Waals surface area contributed by atoms with Gasteiger partial charge in [0.1, 0.15) is 12.0 Å². The average Bonchev–Trinajstić information content (AvgIpc) is 3.09. The van der Waals surface area contributed by atoms with Gasteiger partial charge in [0.2, 0.25) is 5.91 Å². The maximum absolute atomic E-state index is 11.1. The van der Waals surface area contributed by atoms with Crippen molar-refractivity contribution in [3.05, 3.63) is 48.7 Å². The summed E-state index contributed by atoms with van der Waals surface area (Å²) < 4.78 is 4.86. The smallest absolute Gasteiger partial charge is 0.221 e. The topological polar surface area (TPSA) is 55.1 Å². The van der Waals surface area contributed by atoms with Crippen molar-refractivity contribution in [2.24, 2.45) is 0 Å². The first-order chi connectivity index (χ1) is 9.72. The Labute approximate surface area is 120 Å². The van der Waals surface area contributed by atoms with Crippen molar-refractivity contribution in [1.29, 1.82) is 0 Å². The van der Waals surface area contributed by atoms with Gasteiger partial charge in [-0.05, 0) is 29.8 Å². The molecule has 2 heterocycles. The quantitative estimate of drug-likeness (QED) is 0.790. The Morgan fingerprint density at radius 1 is 1.20 bits per heavy atom. The molecule has 0 atom stereocenters. The summed E-state index contributed by atoms with van der Waals surface area (Å²) in [6, 6.07) is 13.7. The number of carbonyl (C=O) groups is 1. The number of hydrogen-bond donors (Lipinski definition) is 1. The molecule has 20 heavy (non-hydrogen) atoms. The van der Waals surface area contributed by atoms with E-state index in [2.05, 4.69) is 10.5 Å². The van der Waals surface area contributed by atoms with Gasteiger partial charge in [0, 0.05) is 23.6 Å². The van der Waals surface area contributed by atoms with Crippen LogP contribution in [0.2, 0.25) is 0 Å². The Kier molecular flexibility index (Phi) is 3.35. The molecule has 1 N–H and O–H groups in total. The highest BCUT2D eigenvalue weighted by Crippen LogP contribution is 2.34. The first-order valence-electron chi connectivity index (χ1n) is 6.11. The van der Waals surface area contributed by atoms with Gasteiger partial charge in [-0.15, -0.1) is 11.3 Å². The molecular formula is C15H12N2O2S. The van der Waals surface area contributed by atoms with Gasteiger partial charge in [-0.25, -0.2) is 0 Å². The van der Waals surface area contributed by atoms with Crippen molar-refractivity contribution in [3.63, 3.8) is 0 Å². The predicted octanol–water partition coefficient (Wildman–Crippen LogP) is 4.03. The lowest BCUT2D eigenvalue weighted by Gasteiger charge is -2.03. The fourth-order valence-corrected chi connectivity index (χ4v) is 2.89. The number of benzene rings is 1. The monoisotopic (exact) mass is 284 g/mol. The van der Waals surface area contributed by atoms with E-state index in [1.54, 1.807) is 17.6 Å². The van der Waals surface area contributed by atoms with Crippen LogP contribution in [0.1, 0.15) is 6.92 Å². The highest BCUT2D eigenvalue weighted by Gasteiger charge is 2.07. The first-order valence-corrected chi connectivity index (χ1v) is 6.92. The van der Waals surface area contributed by atoms with Crippen molar-refractivity contribution in [1.82, 2.24) is 5.16 Å². The van der Waals surface area contributed by atoms with Crippen LogP contribution in [-0.4, -0.2) is 11.1 Å². The van der Waals surface area contributed by atoms with Gasteiger partial charge in [0.05, 0.1) is 4.88 Å². The molecule has 100 valence electrons. The molecule has 0 spiro atoms. The van der Waals surface area contributed by atoms with E-state index in [-0.39, 0.29) is 5.91 Å². The largest absolute Gasteiger partial charge is 0.364 e. The fourth-order valence-electron chi connectivity index (χ4n) is 1.92. The summed E-state index contributed by atoms with van der Waals surface area (Å²) in [7, 11) is 0. The van der Waals surface area contributed by atoms with Gasteiger partial charge in [-0.3, -0.25) is 4.79 Å². The van der Waals surface area contributed by atoms with E-state index in [9.17, 15) is 4.79 Å². The summed E-state index contributed by atoms with van der Waals surface area (Å²) >= 11 is 1.64. The Bertz CT molecular complexity index is 732. The molecule has 0 saturated heterocycles. The van der Waals surface area contributed by atoms with Crippen LogP contribution >= 0.6 is 11.3 Å². The number of carbonyl (C=O) groups excluding carboxylic acids is 1. The minimum Gasteiger partial charge on any atom is -0.364 e. The van der Waals surface area contributed by atoms with Crippen LogP contribution < -0.4 is 5.32 Å². The minimum absolute atomic E-state index is 0.0726. The molecule has 0 saturated carbocycles. The molecule has 0 fully saturated rings. The number of amides is 1. The molecule has 0 aliphatic heterocycles. The number of anilines is 1. The van der Waals surface area contributed by atoms with E-state index in [0.717, 1.165) is 26.7 Å². The van der Waals surface area contributed by atoms with E-state index in [0.29, 0.717) is 0 Å². The zero-order valence-electron chi connectivity index (χ0n) is 10.8. The molecule has 0 unspecified atom stereocenters. The fraction of sp³-hybridized carbons (Fsp3) is 0.0667. The number of nitrogens with zero attached hydrogens (tertiary/aromatic N) is 1. The third kappa shape index (κ3) is 2.62. The van der Waals surface area contributed by atoms with E-state index in [1.165, 1.54) is 6.92 Å². The second kappa shape index (κ2) is 5.30. The molecule has 0 bridgehead atoms. The standard InChI is InChI=1S/C15H12N2O2S/c1-10(18)16-12-4-2-3-11(9-12)14-5-6-15(20-14)13-7-8-19-17-13/h2-9H,1H3,(H,16,18). The third-order valence-corrected chi connectivity index (χ3v) is 3.92. The van der Waals surface area contributed by atoms with Crippen LogP contribution in [0.25, 0.3) is 21.0 Å². The summed E-state index contributed by atoms with van der Waals surface area (Å²) in [6.45, 7) is 1.50. The highest BCUT2D eigenvalue weighted by molar-refractivity contribution is 7.18. The molecule has 0 aliphatic rings. The summed E-state index contributed by atoms with van der Waals surface area (Å²) in [6.07, 6.45) is 1.56. The van der Waals surface area contributed by atoms with Gasteiger partial charge in [0.15, 0.2) is 0 Å². The molecule has 0 radical (unpaired) electrons. The van der Waals surface area contributed by atoms with Gasteiger partial charge in [-0.1, -0.05) is 17.3 Å². The maximum atomic E-state index is 11.1. The van der Waals surface area contributed by atoms with Crippen molar-refractivity contribution >= 4 is 22.9 Å². The van der Waals surface area contributed by atoms with E-state index in [1.807, 2.05) is 42.5 Å². The molecule has 3 rings (SSSR count). The third-order valence-electron chi connectivity index (χ3n) is 2.76. The molecule has 1 aromatic carbocycles. The summed E-state index contributed by atoms with van der Waals surface area (Å²) in [4.78, 5) is 13.3. The second-order valence-electron chi connectivity index (χ2n) is 4.31. The van der Waals surface area contributed by atoms with E-state index >= 15 is 0 Å². The van der Waals surface area contributed by atoms with Crippen LogP contribution in [0.3, 0.4) is 0 Å². The normalized spacial score (nSPS) is 10.4. The SMILES string of the molecule is CC(=O)Nc1cccc(-c2ccc(-c3ccon3)s2)c1. The molecule has 2 aromatic heterocycles. The summed E-state index contributed by atoms with van der Waals surface area (Å²) in [5.74, 6) is -0.0726. The van der Waals surface area contributed by atoms with Crippen molar-refractivity contribution in [2.45, 2.75) is 6.92 Å². The first kappa shape index (κ1) is 12.6. The lowest BCUT2D eigenvalue weighted by atomic mass is 10.1.